The second kappa shape index (κ2) is 5.92. The highest BCUT2D eigenvalue weighted by Gasteiger charge is 2.18. The quantitative estimate of drug-likeness (QED) is 0.511. The van der Waals surface area contributed by atoms with E-state index in [4.69, 9.17) is 0 Å². The maximum atomic E-state index is 11.3. The van der Waals surface area contributed by atoms with Crippen LogP contribution in [0.2, 0.25) is 0 Å². The lowest BCUT2D eigenvalue weighted by Crippen LogP contribution is -2.37. The van der Waals surface area contributed by atoms with Crippen molar-refractivity contribution in [2.24, 2.45) is 0 Å². The van der Waals surface area contributed by atoms with E-state index in [9.17, 15) is 9.59 Å². The third-order valence-corrected chi connectivity index (χ3v) is 3.87. The highest BCUT2D eigenvalue weighted by Crippen LogP contribution is 2.15. The Morgan fingerprint density at radius 2 is 2.05 bits per heavy atom. The monoisotopic (exact) mass is 280 g/mol. The molecule has 1 aromatic carbocycles. The fourth-order valence-electron chi connectivity index (χ4n) is 1.76. The topological polar surface area (TPSA) is 86.9 Å². The molecule has 0 fully saturated rings. The van der Waals surface area contributed by atoms with Gasteiger partial charge in [0, 0.05) is 30.8 Å². The van der Waals surface area contributed by atoms with Crippen LogP contribution in [0, 0.1) is 6.92 Å². The van der Waals surface area contributed by atoms with Crippen LogP contribution < -0.4 is 21.5 Å². The summed E-state index contributed by atoms with van der Waals surface area (Å²) in [6.45, 7) is 2.62. The summed E-state index contributed by atoms with van der Waals surface area (Å²) in [4.78, 5) is 29.7. The minimum atomic E-state index is -0.439. The van der Waals surface area contributed by atoms with Crippen molar-refractivity contribution >= 4 is 23.1 Å². The van der Waals surface area contributed by atoms with Crippen LogP contribution in [0.4, 0.5) is 11.4 Å². The molecule has 0 atom stereocenters. The van der Waals surface area contributed by atoms with Crippen LogP contribution >= 0.6 is 11.8 Å². The maximum Gasteiger partial charge on any atom is 0.253 e. The van der Waals surface area contributed by atoms with Crippen LogP contribution in [0.5, 0.6) is 0 Å². The second-order valence-electron chi connectivity index (χ2n) is 4.10. The number of anilines is 2. The molecule has 0 saturated heterocycles. The molecular weight excluding hydrogens is 264 g/mol. The molecule has 0 aliphatic heterocycles. The average Bonchev–Trinajstić information content (AvgIpc) is 2.82. The molecule has 6 nitrogen and oxygen atoms in total. The minimum absolute atomic E-state index is 0.388. The Kier molecular flexibility index (Phi) is 4.26. The smallest absolute Gasteiger partial charge is 0.253 e. The van der Waals surface area contributed by atoms with E-state index in [0.29, 0.717) is 17.9 Å². The van der Waals surface area contributed by atoms with Crippen molar-refractivity contribution in [3.8, 4) is 0 Å². The van der Waals surface area contributed by atoms with Gasteiger partial charge in [-0.05, 0) is 6.92 Å². The fraction of sp³-hybridized carbons (Fsp3) is 0.417. The largest absolute Gasteiger partial charge is 0.383 e. The summed E-state index contributed by atoms with van der Waals surface area (Å²) < 4.78 is 0. The molecule has 7 heteroatoms. The lowest BCUT2D eigenvalue weighted by atomic mass is 10.2. The molecule has 3 N–H and O–H groups in total. The van der Waals surface area contributed by atoms with Crippen molar-refractivity contribution in [3.63, 3.8) is 0 Å². The van der Waals surface area contributed by atoms with E-state index in [1.54, 1.807) is 25.1 Å². The van der Waals surface area contributed by atoms with Gasteiger partial charge in [0.05, 0.1) is 12.0 Å². The molecule has 1 heterocycles. The number of hydrogen-bond donors (Lipinski definition) is 3. The Morgan fingerprint density at radius 3 is 2.68 bits per heavy atom. The standard InChI is InChI=1S/C12H16N4O2S/c1-7-8(16-6-15-7)5-19-4-3-14-10-9(13-2)11(17)12(10)18/h6,13-14H,3-5H2,1-2H3,(H,15,16). The summed E-state index contributed by atoms with van der Waals surface area (Å²) in [5.74, 6) is 1.71. The Hall–Kier alpha value is -1.76. The van der Waals surface area contributed by atoms with Crippen molar-refractivity contribution in [2.75, 3.05) is 30.0 Å². The lowest BCUT2D eigenvalue weighted by molar-refractivity contribution is 1.16. The summed E-state index contributed by atoms with van der Waals surface area (Å²) in [5.41, 5.74) is 2.06. The molecule has 0 aliphatic rings. The molecule has 0 bridgehead atoms. The number of imidazole rings is 1. The molecule has 19 heavy (non-hydrogen) atoms. The summed E-state index contributed by atoms with van der Waals surface area (Å²) >= 11 is 1.74. The molecule has 0 spiro atoms. The lowest BCUT2D eigenvalue weighted by Gasteiger charge is -2.12. The summed E-state index contributed by atoms with van der Waals surface area (Å²) in [7, 11) is 1.64. The first kappa shape index (κ1) is 13.7. The van der Waals surface area contributed by atoms with E-state index in [1.807, 2.05) is 6.92 Å². The molecule has 1 aromatic heterocycles. The van der Waals surface area contributed by atoms with Crippen molar-refractivity contribution < 1.29 is 0 Å². The van der Waals surface area contributed by atoms with Gasteiger partial charge in [-0.1, -0.05) is 0 Å². The molecule has 102 valence electrons. The molecular formula is C12H16N4O2S. The van der Waals surface area contributed by atoms with Crippen LogP contribution in [0.25, 0.3) is 0 Å². The van der Waals surface area contributed by atoms with Gasteiger partial charge in [-0.2, -0.15) is 11.8 Å². The van der Waals surface area contributed by atoms with Crippen LogP contribution in [0.3, 0.4) is 0 Å². The van der Waals surface area contributed by atoms with Crippen LogP contribution in [-0.2, 0) is 5.75 Å². The van der Waals surface area contributed by atoms with Crippen molar-refractivity contribution in [3.05, 3.63) is 38.2 Å². The molecule has 0 amide bonds. The Balaban J connectivity index is 1.73. The maximum absolute atomic E-state index is 11.3. The highest BCUT2D eigenvalue weighted by molar-refractivity contribution is 7.98. The van der Waals surface area contributed by atoms with E-state index >= 15 is 0 Å². The van der Waals surface area contributed by atoms with Gasteiger partial charge >= 0.3 is 0 Å². The van der Waals surface area contributed by atoms with Gasteiger partial charge in [-0.3, -0.25) is 9.59 Å². The van der Waals surface area contributed by atoms with Gasteiger partial charge in [0.15, 0.2) is 0 Å². The zero-order valence-electron chi connectivity index (χ0n) is 10.9. The molecule has 2 aromatic rings. The second-order valence-corrected chi connectivity index (χ2v) is 5.21. The van der Waals surface area contributed by atoms with E-state index < -0.39 is 10.9 Å². The van der Waals surface area contributed by atoms with Gasteiger partial charge < -0.3 is 15.6 Å². The van der Waals surface area contributed by atoms with Crippen LogP contribution in [0.15, 0.2) is 15.9 Å². The molecule has 0 aliphatic carbocycles. The van der Waals surface area contributed by atoms with Gasteiger partial charge in [0.1, 0.15) is 11.4 Å². The number of aryl methyl sites for hydroxylation is 1. The Morgan fingerprint density at radius 1 is 1.32 bits per heavy atom. The van der Waals surface area contributed by atoms with Crippen LogP contribution in [-0.4, -0.2) is 29.3 Å². The fourth-order valence-corrected chi connectivity index (χ4v) is 2.64. The first-order chi connectivity index (χ1) is 9.15. The first-order valence-electron chi connectivity index (χ1n) is 5.96. The number of hydrogen-bond acceptors (Lipinski definition) is 6. The molecule has 2 rings (SSSR count). The number of aromatic nitrogens is 2. The minimum Gasteiger partial charge on any atom is -0.383 e. The van der Waals surface area contributed by atoms with Gasteiger partial charge in [0.25, 0.3) is 10.9 Å². The molecule has 0 saturated carbocycles. The van der Waals surface area contributed by atoms with Crippen molar-refractivity contribution in [1.29, 1.82) is 0 Å². The third-order valence-electron chi connectivity index (χ3n) is 2.89. The predicted octanol–water partition coefficient (Wildman–Crippen LogP) is 0.701. The normalized spacial score (nSPS) is 10.8. The number of rotatable bonds is 7. The van der Waals surface area contributed by atoms with E-state index in [0.717, 1.165) is 22.9 Å². The van der Waals surface area contributed by atoms with E-state index in [2.05, 4.69) is 20.6 Å². The summed E-state index contributed by atoms with van der Waals surface area (Å²) in [6, 6.07) is 0. The zero-order chi connectivity index (χ0) is 13.8. The Bertz CT molecular complexity index is 628. The number of thioether (sulfide) groups is 1. The van der Waals surface area contributed by atoms with Gasteiger partial charge in [-0.15, -0.1) is 0 Å². The summed E-state index contributed by atoms with van der Waals surface area (Å²) in [5, 5.41) is 5.72. The first-order valence-corrected chi connectivity index (χ1v) is 7.12. The van der Waals surface area contributed by atoms with Gasteiger partial charge in [-0.25, -0.2) is 4.98 Å². The highest BCUT2D eigenvalue weighted by atomic mass is 32.2. The van der Waals surface area contributed by atoms with Gasteiger partial charge in [0.2, 0.25) is 0 Å². The molecule has 0 unspecified atom stereocenters. The SMILES string of the molecule is CNc1c(NCCSCc2[nH]cnc2C)c(=O)c1=O. The number of nitrogens with one attached hydrogen (secondary N) is 3. The van der Waals surface area contributed by atoms with Crippen molar-refractivity contribution in [2.45, 2.75) is 12.7 Å². The van der Waals surface area contributed by atoms with E-state index in [1.165, 1.54) is 0 Å². The molecule has 0 radical (unpaired) electrons. The van der Waals surface area contributed by atoms with Crippen LogP contribution in [0.1, 0.15) is 11.4 Å². The number of H-pyrrole nitrogens is 1. The number of nitrogens with zero attached hydrogens (tertiary/aromatic N) is 1. The summed E-state index contributed by atoms with van der Waals surface area (Å²) in [6.07, 6.45) is 1.69. The van der Waals surface area contributed by atoms with E-state index in [-0.39, 0.29) is 0 Å². The van der Waals surface area contributed by atoms with Crippen molar-refractivity contribution in [1.82, 2.24) is 9.97 Å². The number of aromatic amines is 1. The average molecular weight is 280 g/mol. The predicted molar refractivity (Wildman–Crippen MR) is 78.9 cm³/mol. The third kappa shape index (κ3) is 2.81. The Labute approximate surface area is 114 Å². The zero-order valence-corrected chi connectivity index (χ0v) is 11.7.